The molecule has 2 aromatic rings. The van der Waals surface area contributed by atoms with Crippen molar-refractivity contribution in [2.75, 3.05) is 31.1 Å². The molecule has 1 amide bonds. The standard InChI is InChI=1S/C20H25N3O2/c24-19(16-9-8-14-4-3-5-15(14)16)22-10-12-23(13-11-22)20-21-17-6-1-2-7-18(17)25-20/h1-2,6-7,14-16H,3-5,8-13H2/t14-,15-,16-/m0/s1. The molecular formula is C20H25N3O2. The molecule has 5 nitrogen and oxygen atoms in total. The second kappa shape index (κ2) is 6.04. The predicted octanol–water partition coefficient (Wildman–Crippen LogP) is 3.30. The van der Waals surface area contributed by atoms with Gasteiger partial charge >= 0.3 is 0 Å². The van der Waals surface area contributed by atoms with E-state index in [0.717, 1.165) is 49.6 Å². The summed E-state index contributed by atoms with van der Waals surface area (Å²) in [7, 11) is 0. The summed E-state index contributed by atoms with van der Waals surface area (Å²) >= 11 is 0. The second-order valence-electron chi connectivity index (χ2n) is 7.82. The van der Waals surface area contributed by atoms with E-state index in [4.69, 9.17) is 4.42 Å². The lowest BCUT2D eigenvalue weighted by molar-refractivity contribution is -0.137. The van der Waals surface area contributed by atoms with E-state index in [1.165, 1.54) is 25.7 Å². The number of hydrogen-bond donors (Lipinski definition) is 0. The Morgan fingerprint density at radius 1 is 1.04 bits per heavy atom. The van der Waals surface area contributed by atoms with Crippen LogP contribution in [0.2, 0.25) is 0 Å². The van der Waals surface area contributed by atoms with E-state index >= 15 is 0 Å². The molecule has 3 fully saturated rings. The predicted molar refractivity (Wildman–Crippen MR) is 96.4 cm³/mol. The van der Waals surface area contributed by atoms with E-state index in [1.807, 2.05) is 24.3 Å². The van der Waals surface area contributed by atoms with Gasteiger partial charge in [0.15, 0.2) is 5.58 Å². The molecule has 2 aliphatic carbocycles. The van der Waals surface area contributed by atoms with Crippen molar-refractivity contribution in [3.63, 3.8) is 0 Å². The van der Waals surface area contributed by atoms with Gasteiger partial charge in [-0.05, 0) is 43.2 Å². The molecule has 3 atom stereocenters. The zero-order valence-corrected chi connectivity index (χ0v) is 14.6. The zero-order chi connectivity index (χ0) is 16.8. The molecule has 1 aromatic heterocycles. The van der Waals surface area contributed by atoms with Crippen molar-refractivity contribution in [2.24, 2.45) is 17.8 Å². The van der Waals surface area contributed by atoms with Gasteiger partial charge < -0.3 is 14.2 Å². The van der Waals surface area contributed by atoms with Crippen LogP contribution < -0.4 is 4.90 Å². The molecule has 3 aliphatic rings. The molecule has 1 saturated heterocycles. The number of anilines is 1. The Bertz CT molecular complexity index is 745. The van der Waals surface area contributed by atoms with E-state index in [2.05, 4.69) is 14.8 Å². The van der Waals surface area contributed by atoms with Crippen molar-refractivity contribution in [3.8, 4) is 0 Å². The monoisotopic (exact) mass is 339 g/mol. The van der Waals surface area contributed by atoms with Crippen LogP contribution in [0.3, 0.4) is 0 Å². The number of oxazole rings is 1. The van der Waals surface area contributed by atoms with Gasteiger partial charge in [-0.15, -0.1) is 0 Å². The fourth-order valence-corrected chi connectivity index (χ4v) is 5.22. The Kier molecular flexibility index (Phi) is 3.68. The Labute approximate surface area is 148 Å². The minimum absolute atomic E-state index is 0.295. The van der Waals surface area contributed by atoms with Crippen LogP contribution in [0.1, 0.15) is 32.1 Å². The summed E-state index contributed by atoms with van der Waals surface area (Å²) in [6.07, 6.45) is 6.32. The largest absolute Gasteiger partial charge is 0.423 e. The summed E-state index contributed by atoms with van der Waals surface area (Å²) in [5.41, 5.74) is 1.73. The van der Waals surface area contributed by atoms with Gasteiger partial charge in [-0.1, -0.05) is 25.0 Å². The maximum Gasteiger partial charge on any atom is 0.298 e. The molecule has 5 rings (SSSR count). The Balaban J connectivity index is 1.24. The highest BCUT2D eigenvalue weighted by Gasteiger charge is 2.44. The Morgan fingerprint density at radius 3 is 2.72 bits per heavy atom. The zero-order valence-electron chi connectivity index (χ0n) is 14.6. The van der Waals surface area contributed by atoms with Crippen molar-refractivity contribution < 1.29 is 9.21 Å². The molecule has 0 unspecified atom stereocenters. The fraction of sp³-hybridized carbons (Fsp3) is 0.600. The third-order valence-corrected chi connectivity index (χ3v) is 6.54. The summed E-state index contributed by atoms with van der Waals surface area (Å²) in [5, 5.41) is 0. The lowest BCUT2D eigenvalue weighted by Gasteiger charge is -2.36. The molecule has 5 heteroatoms. The van der Waals surface area contributed by atoms with Crippen LogP contribution in [0.5, 0.6) is 0 Å². The molecule has 25 heavy (non-hydrogen) atoms. The number of hydrogen-bond acceptors (Lipinski definition) is 4. The first-order valence-corrected chi connectivity index (χ1v) is 9.69. The first kappa shape index (κ1) is 15.2. The van der Waals surface area contributed by atoms with Crippen molar-refractivity contribution in [2.45, 2.75) is 32.1 Å². The molecule has 0 radical (unpaired) electrons. The number of para-hydroxylation sites is 2. The van der Waals surface area contributed by atoms with Crippen molar-refractivity contribution in [1.82, 2.24) is 9.88 Å². The highest BCUT2D eigenvalue weighted by atomic mass is 16.4. The van der Waals surface area contributed by atoms with Crippen LogP contribution in [0, 0.1) is 17.8 Å². The van der Waals surface area contributed by atoms with E-state index in [-0.39, 0.29) is 0 Å². The molecule has 0 bridgehead atoms. The lowest BCUT2D eigenvalue weighted by Crippen LogP contribution is -2.51. The molecule has 0 spiro atoms. The van der Waals surface area contributed by atoms with Crippen LogP contribution in [0.15, 0.2) is 28.7 Å². The summed E-state index contributed by atoms with van der Waals surface area (Å²) in [6, 6.07) is 8.55. The number of rotatable bonds is 2. The maximum atomic E-state index is 13.0. The highest BCUT2D eigenvalue weighted by molar-refractivity contribution is 5.80. The number of fused-ring (bicyclic) bond motifs is 2. The Hall–Kier alpha value is -2.04. The number of piperazine rings is 1. The first-order chi connectivity index (χ1) is 12.3. The number of aromatic nitrogens is 1. The van der Waals surface area contributed by atoms with E-state index in [1.54, 1.807) is 0 Å². The Morgan fingerprint density at radius 2 is 1.88 bits per heavy atom. The van der Waals surface area contributed by atoms with Crippen molar-refractivity contribution >= 4 is 23.0 Å². The molecule has 1 aliphatic heterocycles. The molecule has 0 N–H and O–H groups in total. The van der Waals surface area contributed by atoms with Crippen LogP contribution >= 0.6 is 0 Å². The lowest BCUT2D eigenvalue weighted by atomic mass is 9.91. The van der Waals surface area contributed by atoms with Gasteiger partial charge in [0, 0.05) is 32.1 Å². The number of nitrogens with zero attached hydrogens (tertiary/aromatic N) is 3. The number of benzene rings is 1. The molecule has 2 heterocycles. The molecule has 2 saturated carbocycles. The van der Waals surface area contributed by atoms with E-state index in [9.17, 15) is 4.79 Å². The van der Waals surface area contributed by atoms with E-state index in [0.29, 0.717) is 23.8 Å². The summed E-state index contributed by atoms with van der Waals surface area (Å²) in [5.74, 6) is 2.20. The number of carbonyl (C=O) groups is 1. The van der Waals surface area contributed by atoms with Crippen LogP contribution in [-0.2, 0) is 4.79 Å². The van der Waals surface area contributed by atoms with Crippen LogP contribution in [0.4, 0.5) is 6.01 Å². The average molecular weight is 339 g/mol. The smallest absolute Gasteiger partial charge is 0.298 e. The topological polar surface area (TPSA) is 49.6 Å². The third kappa shape index (κ3) is 2.60. The summed E-state index contributed by atoms with van der Waals surface area (Å²) in [4.78, 5) is 21.8. The SMILES string of the molecule is O=C([C@H]1CC[C@@H]2CCC[C@@H]21)N1CCN(c2nc3ccccc3o2)CC1. The molecular weight excluding hydrogens is 314 g/mol. The van der Waals surface area contributed by atoms with Crippen LogP contribution in [-0.4, -0.2) is 42.0 Å². The van der Waals surface area contributed by atoms with Crippen LogP contribution in [0.25, 0.3) is 11.1 Å². The van der Waals surface area contributed by atoms with Gasteiger partial charge in [-0.25, -0.2) is 0 Å². The van der Waals surface area contributed by atoms with Crippen molar-refractivity contribution in [1.29, 1.82) is 0 Å². The van der Waals surface area contributed by atoms with Gasteiger partial charge in [0.05, 0.1) is 0 Å². The molecule has 1 aromatic carbocycles. The first-order valence-electron chi connectivity index (χ1n) is 9.69. The van der Waals surface area contributed by atoms with Crippen molar-refractivity contribution in [3.05, 3.63) is 24.3 Å². The molecule has 132 valence electrons. The number of amides is 1. The average Bonchev–Trinajstić information content (AvgIpc) is 3.36. The maximum absolute atomic E-state index is 13.0. The highest BCUT2D eigenvalue weighted by Crippen LogP contribution is 2.48. The normalized spacial score (nSPS) is 29.4. The summed E-state index contributed by atoms with van der Waals surface area (Å²) < 4.78 is 5.87. The summed E-state index contributed by atoms with van der Waals surface area (Å²) in [6.45, 7) is 3.18. The minimum Gasteiger partial charge on any atom is -0.423 e. The van der Waals surface area contributed by atoms with Gasteiger partial charge in [-0.3, -0.25) is 4.79 Å². The fourth-order valence-electron chi connectivity index (χ4n) is 5.22. The third-order valence-electron chi connectivity index (χ3n) is 6.54. The second-order valence-corrected chi connectivity index (χ2v) is 7.82. The van der Waals surface area contributed by atoms with Gasteiger partial charge in [0.25, 0.3) is 6.01 Å². The number of carbonyl (C=O) groups excluding carboxylic acids is 1. The minimum atomic E-state index is 0.295. The van der Waals surface area contributed by atoms with Gasteiger partial charge in [0.1, 0.15) is 5.52 Å². The van der Waals surface area contributed by atoms with E-state index < -0.39 is 0 Å². The quantitative estimate of drug-likeness (QED) is 0.842. The van der Waals surface area contributed by atoms with Gasteiger partial charge in [0.2, 0.25) is 5.91 Å². The van der Waals surface area contributed by atoms with Gasteiger partial charge in [-0.2, -0.15) is 4.98 Å².